The van der Waals surface area contributed by atoms with Gasteiger partial charge in [0.05, 0.1) is 24.3 Å². The van der Waals surface area contributed by atoms with E-state index in [0.29, 0.717) is 56.2 Å². The van der Waals surface area contributed by atoms with Gasteiger partial charge in [-0.3, -0.25) is 14.7 Å². The molecule has 3 aromatic rings. The maximum absolute atomic E-state index is 14.5. The van der Waals surface area contributed by atoms with Gasteiger partial charge >= 0.3 is 6.18 Å². The van der Waals surface area contributed by atoms with Gasteiger partial charge in [0.15, 0.2) is 11.5 Å². The summed E-state index contributed by atoms with van der Waals surface area (Å²) in [6, 6.07) is 8.99. The van der Waals surface area contributed by atoms with E-state index < -0.39 is 35.6 Å². The number of carbonyl (C=O) groups excluding carboxylic acids is 1. The molecule has 0 aliphatic carbocycles. The first-order valence-electron chi connectivity index (χ1n) is 14.9. The van der Waals surface area contributed by atoms with Crippen molar-refractivity contribution < 1.29 is 27.5 Å². The number of thioether (sulfide) groups is 1. The van der Waals surface area contributed by atoms with Crippen molar-refractivity contribution in [2.24, 2.45) is 4.99 Å². The zero-order chi connectivity index (χ0) is 32.8. The summed E-state index contributed by atoms with van der Waals surface area (Å²) in [5.74, 6) is 0.0147. The third-order valence-electron chi connectivity index (χ3n) is 8.62. The molecule has 5 heterocycles. The smallest absolute Gasteiger partial charge is 0.389 e. The van der Waals surface area contributed by atoms with E-state index in [1.54, 1.807) is 11.8 Å². The van der Waals surface area contributed by atoms with Crippen LogP contribution in [0.3, 0.4) is 0 Å². The molecule has 2 unspecified atom stereocenters. The lowest BCUT2D eigenvalue weighted by molar-refractivity contribution is -0.142. The molecule has 0 spiro atoms. The number of β-amino-alcohol motifs (C(OH)–C–C–N with tert-alkyl or cyclic N) is 1. The predicted molar refractivity (Wildman–Crippen MR) is 166 cm³/mol. The fourth-order valence-electron chi connectivity index (χ4n) is 6.23. The fourth-order valence-corrected chi connectivity index (χ4v) is 7.15. The topological polar surface area (TPSA) is 117 Å². The van der Waals surface area contributed by atoms with Gasteiger partial charge in [-0.25, -0.2) is 14.1 Å². The molecule has 11 nitrogen and oxygen atoms in total. The molecule has 2 aromatic heterocycles. The molecule has 16 heteroatoms. The van der Waals surface area contributed by atoms with Crippen molar-refractivity contribution in [3.8, 4) is 6.07 Å². The lowest BCUT2D eigenvalue weighted by atomic mass is 9.93. The second-order valence-electron chi connectivity index (χ2n) is 11.7. The number of aliphatic hydroxyl groups is 1. The number of hydrogen-bond acceptors (Lipinski definition) is 10. The molecule has 46 heavy (non-hydrogen) atoms. The molecule has 3 aliphatic heterocycles. The molecule has 0 saturated carbocycles. The van der Waals surface area contributed by atoms with Gasteiger partial charge in [0.1, 0.15) is 34.5 Å². The van der Waals surface area contributed by atoms with Gasteiger partial charge in [0.25, 0.3) is 0 Å². The Hall–Kier alpha value is -3.94. The number of aromatic nitrogens is 3. The number of fused-ring (bicyclic) bond motifs is 1. The van der Waals surface area contributed by atoms with E-state index in [0.717, 1.165) is 28.8 Å². The van der Waals surface area contributed by atoms with Crippen LogP contribution in [-0.2, 0) is 17.0 Å². The second kappa shape index (κ2) is 12.3. The summed E-state index contributed by atoms with van der Waals surface area (Å²) in [5.41, 5.74) is 1.12. The van der Waals surface area contributed by atoms with Crippen LogP contribution in [0.15, 0.2) is 35.3 Å². The van der Waals surface area contributed by atoms with Gasteiger partial charge in [0.2, 0.25) is 5.91 Å². The highest BCUT2D eigenvalue weighted by molar-refractivity contribution is 8.13. The second-order valence-corrected chi connectivity index (χ2v) is 12.6. The predicted octanol–water partition coefficient (Wildman–Crippen LogP) is 3.11. The number of anilines is 2. The third-order valence-corrected chi connectivity index (χ3v) is 9.55. The molecule has 0 bridgehead atoms. The average Bonchev–Trinajstić information content (AvgIpc) is 3.61. The first-order chi connectivity index (χ1) is 21.9. The van der Waals surface area contributed by atoms with Crippen LogP contribution in [0.5, 0.6) is 0 Å². The Morgan fingerprint density at radius 3 is 2.48 bits per heavy atom. The largest absolute Gasteiger partial charge is 0.406 e. The number of aryl methyl sites for hydroxylation is 2. The Morgan fingerprint density at radius 1 is 1.17 bits per heavy atom. The molecule has 0 radical (unpaired) electrons. The summed E-state index contributed by atoms with van der Waals surface area (Å²) < 4.78 is 58.9. The van der Waals surface area contributed by atoms with Gasteiger partial charge in [-0.1, -0.05) is 23.9 Å². The number of nitriles is 1. The monoisotopic (exact) mass is 659 g/mol. The first-order valence-corrected chi connectivity index (χ1v) is 15.9. The lowest BCUT2D eigenvalue weighted by Gasteiger charge is -2.42. The Balaban J connectivity index is 1.40. The number of benzene rings is 1. The van der Waals surface area contributed by atoms with Crippen molar-refractivity contribution in [3.63, 3.8) is 0 Å². The number of alkyl halides is 3. The zero-order valence-electron chi connectivity index (χ0n) is 25.3. The Kier molecular flexibility index (Phi) is 8.59. The van der Waals surface area contributed by atoms with E-state index in [-0.39, 0.29) is 35.9 Å². The van der Waals surface area contributed by atoms with E-state index in [2.05, 4.69) is 16.2 Å². The normalized spacial score (nSPS) is 22.3. The SMILES string of the molecule is CCn1nc2c(C)cc(N3CCN(CC(=O)N4CC(O)C4)CC3)nc2c1N(CC(F)(F)F)C1(c2ccc(F)cc2)N=CSC1C#N. The van der Waals surface area contributed by atoms with Gasteiger partial charge in [-0.15, -0.1) is 0 Å². The molecular weight excluding hydrogens is 626 g/mol. The maximum atomic E-state index is 14.5. The number of hydrogen-bond donors (Lipinski definition) is 1. The molecule has 2 fully saturated rings. The van der Waals surface area contributed by atoms with E-state index in [4.69, 9.17) is 4.98 Å². The van der Waals surface area contributed by atoms with E-state index >= 15 is 0 Å². The molecular formula is C30H33F4N9O2S. The Morgan fingerprint density at radius 2 is 1.87 bits per heavy atom. The van der Waals surface area contributed by atoms with Crippen molar-refractivity contribution in [2.45, 2.75) is 43.6 Å². The highest BCUT2D eigenvalue weighted by atomic mass is 32.2. The van der Waals surface area contributed by atoms with Gasteiger partial charge in [0, 0.05) is 51.4 Å². The van der Waals surface area contributed by atoms with E-state index in [1.165, 1.54) is 22.4 Å². The quantitative estimate of drug-likeness (QED) is 0.364. The molecule has 1 N–H and O–H groups in total. The van der Waals surface area contributed by atoms with Crippen LogP contribution < -0.4 is 9.80 Å². The maximum Gasteiger partial charge on any atom is 0.406 e. The third kappa shape index (κ3) is 5.87. The average molecular weight is 660 g/mol. The number of pyridine rings is 1. The molecule has 2 atom stereocenters. The molecule has 2 saturated heterocycles. The van der Waals surface area contributed by atoms with Gasteiger partial charge < -0.3 is 19.8 Å². The van der Waals surface area contributed by atoms with Gasteiger partial charge in [-0.2, -0.15) is 23.5 Å². The van der Waals surface area contributed by atoms with Crippen LogP contribution in [0.4, 0.5) is 29.2 Å². The van der Waals surface area contributed by atoms with Crippen LogP contribution in [0.2, 0.25) is 0 Å². The van der Waals surface area contributed by atoms with Gasteiger partial charge in [-0.05, 0) is 37.6 Å². The van der Waals surface area contributed by atoms with Crippen LogP contribution in [-0.4, -0.2) is 111 Å². The minimum atomic E-state index is -4.71. The van der Waals surface area contributed by atoms with E-state index in [1.807, 2.05) is 22.8 Å². The van der Waals surface area contributed by atoms with Crippen molar-refractivity contribution in [2.75, 3.05) is 62.2 Å². The number of carbonyl (C=O) groups is 1. The van der Waals surface area contributed by atoms with Crippen LogP contribution in [0.1, 0.15) is 18.1 Å². The summed E-state index contributed by atoms with van der Waals surface area (Å²) in [6.07, 6.45) is -5.17. The van der Waals surface area contributed by atoms with Crippen LogP contribution in [0.25, 0.3) is 11.0 Å². The molecule has 1 aromatic carbocycles. The summed E-state index contributed by atoms with van der Waals surface area (Å²) >= 11 is 1.00. The standard InChI is InChI=1S/C30H33F4N9O2S/c1-3-43-28(42(17-29(32,33)34)30(23(13-35)46-18-36-30)20-4-6-21(31)7-5-20)27-26(38-43)19(2)12-24(37-27)40-10-8-39(9-11-40)16-25(45)41-14-22(44)15-41/h4-7,12,18,22-23,44H,3,8-11,14-17H2,1-2H3. The number of halogens is 4. The zero-order valence-corrected chi connectivity index (χ0v) is 26.1. The van der Waals surface area contributed by atoms with Crippen molar-refractivity contribution in [3.05, 3.63) is 47.3 Å². The summed E-state index contributed by atoms with van der Waals surface area (Å²) in [4.78, 5) is 28.7. The molecule has 6 rings (SSSR count). The van der Waals surface area contributed by atoms with Crippen molar-refractivity contribution in [1.29, 1.82) is 5.26 Å². The van der Waals surface area contributed by atoms with Crippen LogP contribution >= 0.6 is 11.8 Å². The number of aliphatic imine (C=N–C) groups is 1. The Bertz CT molecular complexity index is 1680. The molecule has 1 amide bonds. The highest BCUT2D eigenvalue weighted by Crippen LogP contribution is 2.48. The summed E-state index contributed by atoms with van der Waals surface area (Å²) in [7, 11) is 0. The number of likely N-dealkylation sites (tertiary alicyclic amines) is 1. The molecule has 3 aliphatic rings. The number of nitrogens with zero attached hydrogens (tertiary/aromatic N) is 9. The fraction of sp³-hybridized carbons (Fsp3) is 0.500. The highest BCUT2D eigenvalue weighted by Gasteiger charge is 2.53. The summed E-state index contributed by atoms with van der Waals surface area (Å²) in [5, 5.41) is 23.3. The van der Waals surface area contributed by atoms with E-state index in [9.17, 15) is 32.7 Å². The first kappa shape index (κ1) is 32.0. The number of aliphatic hydroxyl groups excluding tert-OH is 1. The van der Waals surface area contributed by atoms with Crippen molar-refractivity contribution >= 4 is 45.9 Å². The summed E-state index contributed by atoms with van der Waals surface area (Å²) in [6.45, 7) is 5.50. The number of piperazine rings is 1. The van der Waals surface area contributed by atoms with Crippen molar-refractivity contribution in [1.82, 2.24) is 24.6 Å². The number of rotatable bonds is 8. The van der Waals surface area contributed by atoms with Crippen LogP contribution in [0, 0.1) is 24.1 Å². The number of amides is 1. The lowest BCUT2D eigenvalue weighted by Crippen LogP contribution is -2.57. The molecule has 244 valence electrons. The Labute approximate surface area is 267 Å². The minimum Gasteiger partial charge on any atom is -0.389 e. The minimum absolute atomic E-state index is 0.0333.